The Balaban J connectivity index is 0.00000162. The zero-order valence-corrected chi connectivity index (χ0v) is 12.0. The smallest absolute Gasteiger partial charge is 0.222 e. The minimum absolute atomic E-state index is 0. The SMILES string of the molecule is CN(C(=O)CCC1CCNCC1)C1CCOC1.Cl. The quantitative estimate of drug-likeness (QED) is 0.845. The Morgan fingerprint density at radius 1 is 1.33 bits per heavy atom. The maximum atomic E-state index is 12.0. The largest absolute Gasteiger partial charge is 0.379 e. The zero-order chi connectivity index (χ0) is 12.1. The summed E-state index contributed by atoms with van der Waals surface area (Å²) in [5.41, 5.74) is 0. The molecule has 2 aliphatic rings. The van der Waals surface area contributed by atoms with Crippen LogP contribution in [0.5, 0.6) is 0 Å². The lowest BCUT2D eigenvalue weighted by Crippen LogP contribution is -2.37. The van der Waals surface area contributed by atoms with Crippen molar-refractivity contribution in [2.75, 3.05) is 33.4 Å². The predicted molar refractivity (Wildman–Crippen MR) is 74.1 cm³/mol. The number of rotatable bonds is 4. The van der Waals surface area contributed by atoms with Gasteiger partial charge in [-0.3, -0.25) is 4.79 Å². The standard InChI is InChI=1S/C13H24N2O2.ClH/c1-15(12-6-9-17-10-12)13(16)3-2-11-4-7-14-8-5-11;/h11-12,14H,2-10H2,1H3;1H. The van der Waals surface area contributed by atoms with Gasteiger partial charge in [0.05, 0.1) is 12.6 Å². The Bertz CT molecular complexity index is 251. The first-order valence-corrected chi connectivity index (χ1v) is 6.81. The molecule has 0 spiro atoms. The van der Waals surface area contributed by atoms with Crippen LogP contribution >= 0.6 is 12.4 Å². The van der Waals surface area contributed by atoms with Crippen molar-refractivity contribution in [3.8, 4) is 0 Å². The molecule has 1 amide bonds. The summed E-state index contributed by atoms with van der Waals surface area (Å²) in [7, 11) is 1.92. The van der Waals surface area contributed by atoms with Crippen LogP contribution in [0.2, 0.25) is 0 Å². The highest BCUT2D eigenvalue weighted by molar-refractivity contribution is 5.85. The van der Waals surface area contributed by atoms with Crippen molar-refractivity contribution in [2.24, 2.45) is 5.92 Å². The molecule has 0 aromatic carbocycles. The van der Waals surface area contributed by atoms with E-state index in [1.165, 1.54) is 12.8 Å². The van der Waals surface area contributed by atoms with E-state index in [-0.39, 0.29) is 12.4 Å². The molecule has 18 heavy (non-hydrogen) atoms. The van der Waals surface area contributed by atoms with Gasteiger partial charge in [-0.1, -0.05) is 0 Å². The number of nitrogens with zero attached hydrogens (tertiary/aromatic N) is 1. The van der Waals surface area contributed by atoms with Crippen LogP contribution in [0, 0.1) is 5.92 Å². The number of carbonyl (C=O) groups is 1. The molecular formula is C13H25ClN2O2. The second kappa shape index (κ2) is 7.97. The number of nitrogens with one attached hydrogen (secondary N) is 1. The van der Waals surface area contributed by atoms with Crippen LogP contribution in [0.3, 0.4) is 0 Å². The summed E-state index contributed by atoms with van der Waals surface area (Å²) in [6.45, 7) is 3.75. The fourth-order valence-corrected chi connectivity index (χ4v) is 2.71. The Morgan fingerprint density at radius 2 is 2.06 bits per heavy atom. The van der Waals surface area contributed by atoms with E-state index >= 15 is 0 Å². The molecular weight excluding hydrogens is 252 g/mol. The third-order valence-electron chi connectivity index (χ3n) is 4.07. The first-order chi connectivity index (χ1) is 8.27. The molecule has 1 atom stereocenters. The van der Waals surface area contributed by atoms with Crippen molar-refractivity contribution in [1.82, 2.24) is 10.2 Å². The second-order valence-electron chi connectivity index (χ2n) is 5.25. The van der Waals surface area contributed by atoms with Gasteiger partial charge in [0, 0.05) is 20.1 Å². The van der Waals surface area contributed by atoms with Crippen molar-refractivity contribution in [3.05, 3.63) is 0 Å². The number of hydrogen-bond acceptors (Lipinski definition) is 3. The van der Waals surface area contributed by atoms with Crippen molar-refractivity contribution in [3.63, 3.8) is 0 Å². The Kier molecular flexibility index (Phi) is 6.97. The number of halogens is 1. The molecule has 2 aliphatic heterocycles. The van der Waals surface area contributed by atoms with Crippen LogP contribution in [0.1, 0.15) is 32.1 Å². The van der Waals surface area contributed by atoms with Crippen LogP contribution in [-0.4, -0.2) is 50.2 Å². The van der Waals surface area contributed by atoms with Crippen LogP contribution in [0.15, 0.2) is 0 Å². The average molecular weight is 277 g/mol. The molecule has 1 unspecified atom stereocenters. The maximum Gasteiger partial charge on any atom is 0.222 e. The summed E-state index contributed by atoms with van der Waals surface area (Å²) in [5, 5.41) is 3.36. The number of piperidine rings is 1. The van der Waals surface area contributed by atoms with E-state index < -0.39 is 0 Å². The molecule has 106 valence electrons. The zero-order valence-electron chi connectivity index (χ0n) is 11.2. The monoisotopic (exact) mass is 276 g/mol. The van der Waals surface area contributed by atoms with Gasteiger partial charge in [-0.05, 0) is 44.7 Å². The summed E-state index contributed by atoms with van der Waals surface area (Å²) >= 11 is 0. The molecule has 0 saturated carbocycles. The van der Waals surface area contributed by atoms with Crippen LogP contribution in [0.4, 0.5) is 0 Å². The molecule has 2 saturated heterocycles. The fraction of sp³-hybridized carbons (Fsp3) is 0.923. The Morgan fingerprint density at radius 3 is 2.67 bits per heavy atom. The molecule has 0 aromatic rings. The van der Waals surface area contributed by atoms with Gasteiger partial charge in [0.2, 0.25) is 5.91 Å². The minimum atomic E-state index is 0. The molecule has 2 fully saturated rings. The maximum absolute atomic E-state index is 12.0. The summed E-state index contributed by atoms with van der Waals surface area (Å²) in [4.78, 5) is 13.9. The van der Waals surface area contributed by atoms with Gasteiger partial charge in [-0.2, -0.15) is 0 Å². The molecule has 0 radical (unpaired) electrons. The van der Waals surface area contributed by atoms with Crippen molar-refractivity contribution in [2.45, 2.75) is 38.1 Å². The highest BCUT2D eigenvalue weighted by atomic mass is 35.5. The van der Waals surface area contributed by atoms with E-state index in [9.17, 15) is 4.79 Å². The first kappa shape index (κ1) is 15.7. The van der Waals surface area contributed by atoms with Crippen LogP contribution in [-0.2, 0) is 9.53 Å². The minimum Gasteiger partial charge on any atom is -0.379 e. The highest BCUT2D eigenvalue weighted by Gasteiger charge is 2.24. The number of ether oxygens (including phenoxy) is 1. The lowest BCUT2D eigenvalue weighted by Gasteiger charge is -2.26. The molecule has 1 N–H and O–H groups in total. The van der Waals surface area contributed by atoms with E-state index in [1.807, 2.05) is 11.9 Å². The van der Waals surface area contributed by atoms with Crippen LogP contribution in [0.25, 0.3) is 0 Å². The summed E-state index contributed by atoms with van der Waals surface area (Å²) < 4.78 is 5.32. The van der Waals surface area contributed by atoms with E-state index in [2.05, 4.69) is 5.32 Å². The Labute approximate surface area is 116 Å². The summed E-state index contributed by atoms with van der Waals surface area (Å²) in [6.07, 6.45) is 5.21. The van der Waals surface area contributed by atoms with Crippen LogP contribution < -0.4 is 5.32 Å². The lowest BCUT2D eigenvalue weighted by atomic mass is 9.93. The average Bonchev–Trinajstić information content (AvgIpc) is 2.90. The number of amides is 1. The van der Waals surface area contributed by atoms with Gasteiger partial charge in [0.1, 0.15) is 0 Å². The molecule has 5 heteroatoms. The lowest BCUT2D eigenvalue weighted by molar-refractivity contribution is -0.132. The third kappa shape index (κ3) is 4.41. The molecule has 0 bridgehead atoms. The molecule has 2 heterocycles. The van der Waals surface area contributed by atoms with Crippen molar-refractivity contribution in [1.29, 1.82) is 0 Å². The van der Waals surface area contributed by atoms with Crippen molar-refractivity contribution < 1.29 is 9.53 Å². The van der Waals surface area contributed by atoms with Gasteiger partial charge in [0.15, 0.2) is 0 Å². The Hall–Kier alpha value is -0.320. The second-order valence-corrected chi connectivity index (χ2v) is 5.25. The molecule has 4 nitrogen and oxygen atoms in total. The third-order valence-corrected chi connectivity index (χ3v) is 4.07. The number of carbonyl (C=O) groups excluding carboxylic acids is 1. The van der Waals surface area contributed by atoms with Gasteiger partial charge < -0.3 is 15.0 Å². The summed E-state index contributed by atoms with van der Waals surface area (Å²) in [6, 6.07) is 0.315. The van der Waals surface area contributed by atoms with Gasteiger partial charge >= 0.3 is 0 Å². The molecule has 2 rings (SSSR count). The highest BCUT2D eigenvalue weighted by Crippen LogP contribution is 2.19. The van der Waals surface area contributed by atoms with E-state index in [0.717, 1.165) is 45.1 Å². The van der Waals surface area contributed by atoms with Gasteiger partial charge in [-0.15, -0.1) is 12.4 Å². The number of hydrogen-bond donors (Lipinski definition) is 1. The molecule has 0 aromatic heterocycles. The topological polar surface area (TPSA) is 41.6 Å². The summed E-state index contributed by atoms with van der Waals surface area (Å²) in [5.74, 6) is 1.03. The normalized spacial score (nSPS) is 24.6. The van der Waals surface area contributed by atoms with E-state index in [4.69, 9.17) is 4.74 Å². The van der Waals surface area contributed by atoms with Gasteiger partial charge in [-0.25, -0.2) is 0 Å². The molecule has 0 aliphatic carbocycles. The fourth-order valence-electron chi connectivity index (χ4n) is 2.71. The van der Waals surface area contributed by atoms with E-state index in [1.54, 1.807) is 0 Å². The first-order valence-electron chi connectivity index (χ1n) is 6.81. The predicted octanol–water partition coefficient (Wildman–Crippen LogP) is 1.44. The number of likely N-dealkylation sites (N-methyl/N-ethyl adjacent to an activating group) is 1. The van der Waals surface area contributed by atoms with E-state index in [0.29, 0.717) is 18.4 Å². The van der Waals surface area contributed by atoms with Crippen molar-refractivity contribution >= 4 is 18.3 Å². The van der Waals surface area contributed by atoms with Gasteiger partial charge in [0.25, 0.3) is 0 Å².